The average Bonchev–Trinajstić information content (AvgIpc) is 3.10. The van der Waals surface area contributed by atoms with Crippen molar-refractivity contribution in [3.63, 3.8) is 0 Å². The van der Waals surface area contributed by atoms with Crippen molar-refractivity contribution in [3.8, 4) is 0 Å². The van der Waals surface area contributed by atoms with Crippen LogP contribution in [-0.2, 0) is 17.6 Å². The second-order valence-electron chi connectivity index (χ2n) is 6.09. The van der Waals surface area contributed by atoms with Gasteiger partial charge in [0.05, 0.1) is 11.2 Å². The highest BCUT2D eigenvalue weighted by Crippen LogP contribution is 2.29. The fourth-order valence-electron chi connectivity index (χ4n) is 3.38. The third kappa shape index (κ3) is 2.19. The number of benzene rings is 2. The lowest BCUT2D eigenvalue weighted by atomic mass is 10.1. The highest BCUT2D eigenvalue weighted by atomic mass is 16.1. The minimum Gasteiger partial charge on any atom is -0.357 e. The molecule has 3 aromatic rings. The summed E-state index contributed by atoms with van der Waals surface area (Å²) in [5, 5.41) is 4.23. The number of anilines is 1. The number of fused-ring (bicyclic) bond motifs is 2. The molecule has 3 heteroatoms. The molecule has 0 bridgehead atoms. The number of aromatic amines is 1. The third-order valence-corrected chi connectivity index (χ3v) is 4.47. The van der Waals surface area contributed by atoms with E-state index in [2.05, 4.69) is 34.6 Å². The minimum atomic E-state index is 0.0312. The van der Waals surface area contributed by atoms with Crippen LogP contribution in [0, 0.1) is 12.8 Å². The van der Waals surface area contributed by atoms with Crippen LogP contribution in [0.1, 0.15) is 16.8 Å². The van der Waals surface area contributed by atoms with Gasteiger partial charge in [-0.2, -0.15) is 0 Å². The number of nitrogens with one attached hydrogen (secondary N) is 2. The van der Waals surface area contributed by atoms with Crippen molar-refractivity contribution in [2.24, 2.45) is 5.92 Å². The number of carbonyl (C=O) groups excluding carboxylic acids is 1. The molecule has 3 nitrogen and oxygen atoms in total. The molecular formula is C19H18N2O. The van der Waals surface area contributed by atoms with Gasteiger partial charge in [0.15, 0.2) is 0 Å². The molecule has 0 saturated carbocycles. The molecule has 0 saturated heterocycles. The first kappa shape index (κ1) is 13.1. The topological polar surface area (TPSA) is 44.9 Å². The highest BCUT2D eigenvalue weighted by Gasteiger charge is 2.27. The zero-order chi connectivity index (χ0) is 15.1. The third-order valence-electron chi connectivity index (χ3n) is 4.47. The molecule has 0 radical (unpaired) electrons. The second-order valence-corrected chi connectivity index (χ2v) is 6.09. The molecule has 2 N–H and O–H groups in total. The molecule has 0 atom stereocenters. The van der Waals surface area contributed by atoms with E-state index in [0.717, 1.165) is 35.1 Å². The number of rotatable bonds is 2. The van der Waals surface area contributed by atoms with Crippen LogP contribution >= 0.6 is 0 Å². The SMILES string of the molecule is Cc1cc2cccc(NC(=O)C3Cc4ccccc4C3)c2[nH]1. The van der Waals surface area contributed by atoms with E-state index in [9.17, 15) is 4.79 Å². The fraction of sp³-hybridized carbons (Fsp3) is 0.211. The van der Waals surface area contributed by atoms with Crippen LogP contribution in [0.5, 0.6) is 0 Å². The number of hydrogen-bond acceptors (Lipinski definition) is 1. The largest absolute Gasteiger partial charge is 0.357 e. The molecule has 22 heavy (non-hydrogen) atoms. The fourth-order valence-corrected chi connectivity index (χ4v) is 3.38. The number of carbonyl (C=O) groups is 1. The van der Waals surface area contributed by atoms with Gasteiger partial charge in [0, 0.05) is 17.0 Å². The zero-order valence-electron chi connectivity index (χ0n) is 12.5. The van der Waals surface area contributed by atoms with Crippen LogP contribution in [-0.4, -0.2) is 10.9 Å². The Morgan fingerprint density at radius 1 is 1.09 bits per heavy atom. The predicted molar refractivity (Wildman–Crippen MR) is 89.0 cm³/mol. The predicted octanol–water partition coefficient (Wildman–Crippen LogP) is 3.83. The number of aryl methyl sites for hydroxylation is 1. The van der Waals surface area contributed by atoms with Crippen LogP contribution in [0.15, 0.2) is 48.5 Å². The minimum absolute atomic E-state index is 0.0312. The summed E-state index contributed by atoms with van der Waals surface area (Å²) < 4.78 is 0. The zero-order valence-corrected chi connectivity index (χ0v) is 12.5. The Morgan fingerprint density at radius 2 is 1.82 bits per heavy atom. The van der Waals surface area contributed by atoms with Crippen LogP contribution in [0.2, 0.25) is 0 Å². The number of hydrogen-bond donors (Lipinski definition) is 2. The molecule has 0 aliphatic heterocycles. The van der Waals surface area contributed by atoms with Gasteiger partial charge in [0.1, 0.15) is 0 Å². The van der Waals surface area contributed by atoms with Crippen molar-refractivity contribution in [3.05, 3.63) is 65.4 Å². The van der Waals surface area contributed by atoms with E-state index in [1.54, 1.807) is 0 Å². The van der Waals surface area contributed by atoms with Gasteiger partial charge in [0.2, 0.25) is 5.91 Å². The van der Waals surface area contributed by atoms with E-state index < -0.39 is 0 Å². The smallest absolute Gasteiger partial charge is 0.228 e. The molecule has 2 aromatic carbocycles. The Labute approximate surface area is 129 Å². The molecule has 0 spiro atoms. The van der Waals surface area contributed by atoms with Crippen LogP contribution < -0.4 is 5.32 Å². The van der Waals surface area contributed by atoms with E-state index >= 15 is 0 Å². The molecule has 0 fully saturated rings. The second kappa shape index (κ2) is 5.02. The summed E-state index contributed by atoms with van der Waals surface area (Å²) in [5.74, 6) is 0.139. The summed E-state index contributed by atoms with van der Waals surface area (Å²) in [5.41, 5.74) is 5.58. The molecule has 1 amide bonds. The maximum atomic E-state index is 12.6. The van der Waals surface area contributed by atoms with Gasteiger partial charge in [-0.25, -0.2) is 0 Å². The molecule has 1 aromatic heterocycles. The van der Waals surface area contributed by atoms with E-state index in [4.69, 9.17) is 0 Å². The van der Waals surface area contributed by atoms with Gasteiger partial charge in [-0.3, -0.25) is 4.79 Å². The van der Waals surface area contributed by atoms with Crippen molar-refractivity contribution in [2.75, 3.05) is 5.32 Å². The van der Waals surface area contributed by atoms with E-state index in [1.165, 1.54) is 11.1 Å². The van der Waals surface area contributed by atoms with Crippen LogP contribution in [0.3, 0.4) is 0 Å². The van der Waals surface area contributed by atoms with Crippen molar-refractivity contribution in [2.45, 2.75) is 19.8 Å². The Kier molecular flexibility index (Phi) is 3.00. The molecular weight excluding hydrogens is 272 g/mol. The Hall–Kier alpha value is -2.55. The first-order valence-corrected chi connectivity index (χ1v) is 7.67. The van der Waals surface area contributed by atoms with E-state index in [0.29, 0.717) is 0 Å². The number of para-hydroxylation sites is 1. The number of aromatic nitrogens is 1. The summed E-state index contributed by atoms with van der Waals surface area (Å²) in [6, 6.07) is 16.4. The van der Waals surface area contributed by atoms with Crippen molar-refractivity contribution in [1.29, 1.82) is 0 Å². The molecule has 1 aliphatic rings. The molecule has 1 heterocycles. The molecule has 1 aliphatic carbocycles. The van der Waals surface area contributed by atoms with Gasteiger partial charge >= 0.3 is 0 Å². The summed E-state index contributed by atoms with van der Waals surface area (Å²) in [6.45, 7) is 2.03. The van der Waals surface area contributed by atoms with Crippen molar-refractivity contribution < 1.29 is 4.79 Å². The lowest BCUT2D eigenvalue weighted by molar-refractivity contribution is -0.119. The normalized spacial score (nSPS) is 14.2. The number of H-pyrrole nitrogens is 1. The summed E-state index contributed by atoms with van der Waals surface area (Å²) >= 11 is 0. The lowest BCUT2D eigenvalue weighted by Gasteiger charge is -2.11. The van der Waals surface area contributed by atoms with E-state index in [-0.39, 0.29) is 11.8 Å². The van der Waals surface area contributed by atoms with Crippen molar-refractivity contribution >= 4 is 22.5 Å². The highest BCUT2D eigenvalue weighted by molar-refractivity contribution is 6.01. The molecule has 4 rings (SSSR count). The Morgan fingerprint density at radius 3 is 2.55 bits per heavy atom. The maximum absolute atomic E-state index is 12.6. The van der Waals surface area contributed by atoms with Crippen LogP contribution in [0.25, 0.3) is 10.9 Å². The van der Waals surface area contributed by atoms with Gasteiger partial charge in [-0.15, -0.1) is 0 Å². The van der Waals surface area contributed by atoms with Crippen LogP contribution in [0.4, 0.5) is 5.69 Å². The van der Waals surface area contributed by atoms with E-state index in [1.807, 2.05) is 31.2 Å². The Balaban J connectivity index is 1.57. The van der Waals surface area contributed by atoms with Gasteiger partial charge in [0.25, 0.3) is 0 Å². The molecule has 110 valence electrons. The summed E-state index contributed by atoms with van der Waals surface area (Å²) in [7, 11) is 0. The monoisotopic (exact) mass is 290 g/mol. The first-order chi connectivity index (χ1) is 10.7. The van der Waals surface area contributed by atoms with Crippen molar-refractivity contribution in [1.82, 2.24) is 4.98 Å². The summed E-state index contributed by atoms with van der Waals surface area (Å²) in [6.07, 6.45) is 1.67. The quantitative estimate of drug-likeness (QED) is 0.740. The standard InChI is InChI=1S/C19H18N2O/c1-12-9-15-7-4-8-17(18(15)20-12)21-19(22)16-10-13-5-2-3-6-14(13)11-16/h2-9,16,20H,10-11H2,1H3,(H,21,22). The number of amides is 1. The van der Waals surface area contributed by atoms with Gasteiger partial charge in [-0.05, 0) is 43.0 Å². The summed E-state index contributed by atoms with van der Waals surface area (Å²) in [4.78, 5) is 15.9. The Bertz CT molecular complexity index is 838. The average molecular weight is 290 g/mol. The maximum Gasteiger partial charge on any atom is 0.228 e. The first-order valence-electron chi connectivity index (χ1n) is 7.67. The lowest BCUT2D eigenvalue weighted by Crippen LogP contribution is -2.23. The van der Waals surface area contributed by atoms with Gasteiger partial charge < -0.3 is 10.3 Å². The van der Waals surface area contributed by atoms with Gasteiger partial charge in [-0.1, -0.05) is 36.4 Å². The molecule has 0 unspecified atom stereocenters.